The van der Waals surface area contributed by atoms with E-state index in [9.17, 15) is 10.1 Å². The maximum atomic E-state index is 10.6. The van der Waals surface area contributed by atoms with E-state index in [1.54, 1.807) is 13.0 Å². The number of nitro groups is 1. The van der Waals surface area contributed by atoms with E-state index in [1.165, 1.54) is 6.20 Å². The van der Waals surface area contributed by atoms with Crippen molar-refractivity contribution >= 4 is 5.69 Å². The number of pyridine rings is 1. The monoisotopic (exact) mass is 209 g/mol. The van der Waals surface area contributed by atoms with Gasteiger partial charge in [-0.1, -0.05) is 0 Å². The highest BCUT2D eigenvalue weighted by molar-refractivity contribution is 5.37. The maximum Gasteiger partial charge on any atom is 0.290 e. The first kappa shape index (κ1) is 11.6. The van der Waals surface area contributed by atoms with Crippen LogP contribution in [-0.4, -0.2) is 23.0 Å². The first-order valence-electron chi connectivity index (χ1n) is 4.81. The third-order valence-corrected chi connectivity index (χ3v) is 2.34. The normalized spacial score (nSPS) is 12.5. The lowest BCUT2D eigenvalue weighted by Crippen LogP contribution is -2.24. The molecule has 0 fully saturated rings. The standard InChI is InChI=1S/C10H15N3O2/c1-7-4-9(5-8(2)11-3)12-6-10(7)13(14)15/h4,6,8,11H,5H2,1-3H3. The Morgan fingerprint density at radius 2 is 2.33 bits per heavy atom. The fraction of sp³-hybridized carbons (Fsp3) is 0.500. The molecule has 5 heteroatoms. The average molecular weight is 209 g/mol. The average Bonchev–Trinajstić information content (AvgIpc) is 2.17. The molecule has 0 saturated heterocycles. The van der Waals surface area contributed by atoms with Crippen LogP contribution in [0.1, 0.15) is 18.2 Å². The quantitative estimate of drug-likeness (QED) is 0.602. The highest BCUT2D eigenvalue weighted by Crippen LogP contribution is 2.16. The van der Waals surface area contributed by atoms with Crippen molar-refractivity contribution in [2.45, 2.75) is 26.3 Å². The summed E-state index contributed by atoms with van der Waals surface area (Å²) in [7, 11) is 1.88. The summed E-state index contributed by atoms with van der Waals surface area (Å²) < 4.78 is 0. The van der Waals surface area contributed by atoms with Crippen molar-refractivity contribution in [3.8, 4) is 0 Å². The van der Waals surface area contributed by atoms with Gasteiger partial charge in [0.15, 0.2) is 0 Å². The van der Waals surface area contributed by atoms with Crippen LogP contribution in [0.5, 0.6) is 0 Å². The van der Waals surface area contributed by atoms with Gasteiger partial charge in [-0.2, -0.15) is 0 Å². The fourth-order valence-electron chi connectivity index (χ4n) is 1.33. The molecule has 0 spiro atoms. The van der Waals surface area contributed by atoms with Crippen LogP contribution >= 0.6 is 0 Å². The molecule has 0 saturated carbocycles. The molecule has 1 heterocycles. The van der Waals surface area contributed by atoms with Gasteiger partial charge in [0.1, 0.15) is 6.20 Å². The Morgan fingerprint density at radius 3 is 2.80 bits per heavy atom. The van der Waals surface area contributed by atoms with Gasteiger partial charge in [0.25, 0.3) is 5.69 Å². The number of hydrogen-bond acceptors (Lipinski definition) is 4. The largest absolute Gasteiger partial charge is 0.317 e. The first-order chi connectivity index (χ1) is 7.04. The van der Waals surface area contributed by atoms with Gasteiger partial charge in [0, 0.05) is 23.7 Å². The van der Waals surface area contributed by atoms with Crippen LogP contribution in [0, 0.1) is 17.0 Å². The molecular weight excluding hydrogens is 194 g/mol. The van der Waals surface area contributed by atoms with Crippen LogP contribution in [-0.2, 0) is 6.42 Å². The van der Waals surface area contributed by atoms with Gasteiger partial charge in [-0.15, -0.1) is 0 Å². The molecule has 1 unspecified atom stereocenters. The van der Waals surface area contributed by atoms with E-state index in [-0.39, 0.29) is 5.69 Å². The number of aryl methyl sites for hydroxylation is 1. The van der Waals surface area contributed by atoms with Crippen molar-refractivity contribution in [2.24, 2.45) is 0 Å². The van der Waals surface area contributed by atoms with Gasteiger partial charge in [0.2, 0.25) is 0 Å². The van der Waals surface area contributed by atoms with Gasteiger partial charge < -0.3 is 5.32 Å². The Kier molecular flexibility index (Phi) is 3.74. The van der Waals surface area contributed by atoms with Crippen molar-refractivity contribution in [3.63, 3.8) is 0 Å². The summed E-state index contributed by atoms with van der Waals surface area (Å²) in [4.78, 5) is 14.2. The van der Waals surface area contributed by atoms with E-state index >= 15 is 0 Å². The summed E-state index contributed by atoms with van der Waals surface area (Å²) in [6.07, 6.45) is 2.10. The lowest BCUT2D eigenvalue weighted by molar-refractivity contribution is -0.385. The van der Waals surface area contributed by atoms with E-state index in [2.05, 4.69) is 10.3 Å². The van der Waals surface area contributed by atoms with Crippen LogP contribution in [0.2, 0.25) is 0 Å². The lowest BCUT2D eigenvalue weighted by Gasteiger charge is -2.09. The summed E-state index contributed by atoms with van der Waals surface area (Å²) in [5, 5.41) is 13.7. The molecule has 1 N–H and O–H groups in total. The number of hydrogen-bond donors (Lipinski definition) is 1. The Bertz CT molecular complexity index is 366. The first-order valence-corrected chi connectivity index (χ1v) is 4.81. The fourth-order valence-corrected chi connectivity index (χ4v) is 1.33. The number of likely N-dealkylation sites (N-methyl/N-ethyl adjacent to an activating group) is 1. The zero-order valence-corrected chi connectivity index (χ0v) is 9.15. The van der Waals surface area contributed by atoms with Gasteiger partial charge in [-0.3, -0.25) is 15.1 Å². The highest BCUT2D eigenvalue weighted by Gasteiger charge is 2.12. The predicted molar refractivity (Wildman–Crippen MR) is 57.9 cm³/mol. The number of nitrogens with zero attached hydrogens (tertiary/aromatic N) is 2. The zero-order chi connectivity index (χ0) is 11.4. The van der Waals surface area contributed by atoms with Crippen molar-refractivity contribution in [3.05, 3.63) is 33.6 Å². The molecule has 1 atom stereocenters. The summed E-state index contributed by atoms with van der Waals surface area (Å²) in [5.41, 5.74) is 1.61. The van der Waals surface area contributed by atoms with Gasteiger partial charge in [0.05, 0.1) is 4.92 Å². The van der Waals surface area contributed by atoms with Gasteiger partial charge >= 0.3 is 0 Å². The van der Waals surface area contributed by atoms with Crippen LogP contribution in [0.3, 0.4) is 0 Å². The molecule has 15 heavy (non-hydrogen) atoms. The molecule has 0 aliphatic rings. The lowest BCUT2D eigenvalue weighted by atomic mass is 10.1. The molecule has 0 bridgehead atoms. The molecule has 1 aromatic rings. The molecule has 0 aliphatic carbocycles. The summed E-state index contributed by atoms with van der Waals surface area (Å²) in [6, 6.07) is 2.09. The van der Waals surface area contributed by atoms with Crippen molar-refractivity contribution < 1.29 is 4.92 Å². The van der Waals surface area contributed by atoms with E-state index < -0.39 is 4.92 Å². The highest BCUT2D eigenvalue weighted by atomic mass is 16.6. The number of nitrogens with one attached hydrogen (secondary N) is 1. The molecule has 0 aliphatic heterocycles. The Balaban J connectivity index is 2.87. The van der Waals surface area contributed by atoms with Crippen LogP contribution in [0.15, 0.2) is 12.3 Å². The second-order valence-corrected chi connectivity index (χ2v) is 3.61. The van der Waals surface area contributed by atoms with Crippen LogP contribution < -0.4 is 5.32 Å². The van der Waals surface area contributed by atoms with Crippen LogP contribution in [0.4, 0.5) is 5.69 Å². The maximum absolute atomic E-state index is 10.6. The minimum Gasteiger partial charge on any atom is -0.317 e. The minimum absolute atomic E-state index is 0.0795. The van der Waals surface area contributed by atoms with E-state index in [1.807, 2.05) is 14.0 Å². The molecule has 0 amide bonds. The third-order valence-electron chi connectivity index (χ3n) is 2.34. The number of rotatable bonds is 4. The number of aromatic nitrogens is 1. The Hall–Kier alpha value is -1.49. The van der Waals surface area contributed by atoms with Gasteiger partial charge in [-0.05, 0) is 27.0 Å². The molecule has 1 rings (SSSR count). The van der Waals surface area contributed by atoms with Gasteiger partial charge in [-0.25, -0.2) is 0 Å². The topological polar surface area (TPSA) is 68.1 Å². The smallest absolute Gasteiger partial charge is 0.290 e. The summed E-state index contributed by atoms with van der Waals surface area (Å²) >= 11 is 0. The van der Waals surface area contributed by atoms with Crippen LogP contribution in [0.25, 0.3) is 0 Å². The van der Waals surface area contributed by atoms with Crippen molar-refractivity contribution in [2.75, 3.05) is 7.05 Å². The predicted octanol–water partition coefficient (Wildman–Crippen LogP) is 1.45. The summed E-state index contributed by atoms with van der Waals surface area (Å²) in [6.45, 7) is 3.77. The molecule has 82 valence electrons. The second kappa shape index (κ2) is 4.84. The minimum atomic E-state index is -0.409. The Labute approximate surface area is 88.7 Å². The Morgan fingerprint density at radius 1 is 1.67 bits per heavy atom. The molecular formula is C10H15N3O2. The summed E-state index contributed by atoms with van der Waals surface area (Å²) in [5.74, 6) is 0. The molecule has 0 aromatic carbocycles. The SMILES string of the molecule is CNC(C)Cc1cc(C)c([N+](=O)[O-])cn1. The van der Waals surface area contributed by atoms with Crippen molar-refractivity contribution in [1.82, 2.24) is 10.3 Å². The molecule has 5 nitrogen and oxygen atoms in total. The van der Waals surface area contributed by atoms with E-state index in [0.29, 0.717) is 11.6 Å². The second-order valence-electron chi connectivity index (χ2n) is 3.61. The van der Waals surface area contributed by atoms with Crippen molar-refractivity contribution in [1.29, 1.82) is 0 Å². The molecule has 1 aromatic heterocycles. The molecule has 0 radical (unpaired) electrons. The van der Waals surface area contributed by atoms with E-state index in [4.69, 9.17) is 0 Å². The zero-order valence-electron chi connectivity index (χ0n) is 9.15. The third kappa shape index (κ3) is 2.99. The van der Waals surface area contributed by atoms with E-state index in [0.717, 1.165) is 12.1 Å².